The number of urea groups is 1. The van der Waals surface area contributed by atoms with Crippen molar-refractivity contribution in [3.63, 3.8) is 0 Å². The summed E-state index contributed by atoms with van der Waals surface area (Å²) in [5.74, 6) is 1.76. The molecule has 1 fully saturated rings. The van der Waals surface area contributed by atoms with E-state index in [0.29, 0.717) is 0 Å². The normalized spacial score (nSPS) is 19.9. The number of rotatable bonds is 3. The van der Waals surface area contributed by atoms with Crippen molar-refractivity contribution < 1.29 is 14.4 Å². The standard InChI is InChI=1S/C7H9N3O3/c1-2-3-13-10-6(11)5-4-8-7(12)9-5/h1,5H,3-4H2,(H,10,11)(H2,8,9,12)/t5-/m0/s1. The third-order valence-corrected chi connectivity index (χ3v) is 1.42. The number of carbonyl (C=O) groups is 2. The Morgan fingerprint density at radius 1 is 1.85 bits per heavy atom. The van der Waals surface area contributed by atoms with E-state index in [1.807, 2.05) is 0 Å². The highest BCUT2D eigenvalue weighted by atomic mass is 16.6. The first-order valence-electron chi connectivity index (χ1n) is 3.63. The van der Waals surface area contributed by atoms with E-state index >= 15 is 0 Å². The smallest absolute Gasteiger partial charge is 0.315 e. The summed E-state index contributed by atoms with van der Waals surface area (Å²) in [5.41, 5.74) is 2.11. The Bertz CT molecular complexity index is 258. The van der Waals surface area contributed by atoms with Crippen molar-refractivity contribution in [2.45, 2.75) is 6.04 Å². The molecule has 0 aliphatic carbocycles. The lowest BCUT2D eigenvalue weighted by Gasteiger charge is -2.07. The highest BCUT2D eigenvalue weighted by Crippen LogP contribution is 1.89. The summed E-state index contributed by atoms with van der Waals surface area (Å²) < 4.78 is 0. The molecule has 1 rings (SSSR count). The first kappa shape index (κ1) is 9.35. The zero-order valence-electron chi connectivity index (χ0n) is 6.79. The van der Waals surface area contributed by atoms with Gasteiger partial charge in [-0.3, -0.25) is 9.63 Å². The average Bonchev–Trinajstić information content (AvgIpc) is 2.52. The van der Waals surface area contributed by atoms with Gasteiger partial charge in [0.25, 0.3) is 5.91 Å². The number of nitrogens with one attached hydrogen (secondary N) is 3. The molecular weight excluding hydrogens is 174 g/mol. The number of amides is 3. The Kier molecular flexibility index (Phi) is 3.11. The molecule has 0 aromatic heterocycles. The molecule has 0 aromatic carbocycles. The minimum absolute atomic E-state index is 0.000164. The second-order valence-corrected chi connectivity index (χ2v) is 2.37. The van der Waals surface area contributed by atoms with Crippen LogP contribution in [0.5, 0.6) is 0 Å². The van der Waals surface area contributed by atoms with E-state index in [9.17, 15) is 9.59 Å². The van der Waals surface area contributed by atoms with Gasteiger partial charge < -0.3 is 10.6 Å². The molecular formula is C7H9N3O3. The maximum atomic E-state index is 11.1. The molecule has 0 saturated carbocycles. The first-order chi connectivity index (χ1) is 6.24. The van der Waals surface area contributed by atoms with Gasteiger partial charge in [-0.25, -0.2) is 10.3 Å². The van der Waals surface area contributed by atoms with Crippen LogP contribution in [0.1, 0.15) is 0 Å². The van der Waals surface area contributed by atoms with Crippen LogP contribution in [0.2, 0.25) is 0 Å². The van der Waals surface area contributed by atoms with Gasteiger partial charge in [0.05, 0.1) is 0 Å². The molecule has 0 aromatic rings. The summed E-state index contributed by atoms with van der Waals surface area (Å²) in [6, 6.07) is -0.956. The van der Waals surface area contributed by atoms with Crippen molar-refractivity contribution in [1.82, 2.24) is 16.1 Å². The van der Waals surface area contributed by atoms with Gasteiger partial charge in [0, 0.05) is 6.54 Å². The SMILES string of the molecule is C#CCONC(=O)[C@@H]1CNC(=O)N1. The van der Waals surface area contributed by atoms with Crippen LogP contribution in [0.4, 0.5) is 4.79 Å². The van der Waals surface area contributed by atoms with Crippen molar-refractivity contribution in [1.29, 1.82) is 0 Å². The molecule has 1 aliphatic rings. The topological polar surface area (TPSA) is 79.5 Å². The van der Waals surface area contributed by atoms with Gasteiger partial charge in [0.2, 0.25) is 0 Å². The van der Waals surface area contributed by atoms with Gasteiger partial charge in [-0.2, -0.15) is 0 Å². The highest BCUT2D eigenvalue weighted by Gasteiger charge is 2.26. The third-order valence-electron chi connectivity index (χ3n) is 1.42. The van der Waals surface area contributed by atoms with Crippen LogP contribution in [0, 0.1) is 12.3 Å². The van der Waals surface area contributed by atoms with E-state index in [1.54, 1.807) is 0 Å². The Hall–Kier alpha value is -1.74. The third kappa shape index (κ3) is 2.65. The molecule has 3 amide bonds. The Morgan fingerprint density at radius 3 is 3.15 bits per heavy atom. The predicted octanol–water partition coefficient (Wildman–Crippen LogP) is -1.65. The van der Waals surface area contributed by atoms with Crippen LogP contribution in [-0.2, 0) is 9.63 Å². The van der Waals surface area contributed by atoms with Gasteiger partial charge in [-0.15, -0.1) is 6.42 Å². The molecule has 70 valence electrons. The molecule has 1 aliphatic heterocycles. The predicted molar refractivity (Wildman–Crippen MR) is 43.3 cm³/mol. The van der Waals surface area contributed by atoms with Crippen molar-refractivity contribution in [3.8, 4) is 12.3 Å². The Labute approximate surface area is 75.0 Å². The minimum atomic E-state index is -0.592. The van der Waals surface area contributed by atoms with E-state index in [2.05, 4.69) is 26.9 Å². The fourth-order valence-corrected chi connectivity index (χ4v) is 0.833. The lowest BCUT2D eigenvalue weighted by Crippen LogP contribution is -2.42. The lowest BCUT2D eigenvalue weighted by molar-refractivity contribution is -0.133. The molecule has 0 unspecified atom stereocenters. The van der Waals surface area contributed by atoms with Gasteiger partial charge in [0.15, 0.2) is 0 Å². The van der Waals surface area contributed by atoms with Crippen LogP contribution >= 0.6 is 0 Å². The fourth-order valence-electron chi connectivity index (χ4n) is 0.833. The summed E-state index contributed by atoms with van der Waals surface area (Å²) in [6.45, 7) is 0.254. The molecule has 0 bridgehead atoms. The Balaban J connectivity index is 2.24. The molecule has 1 atom stereocenters. The number of hydroxylamine groups is 1. The molecule has 1 heterocycles. The van der Waals surface area contributed by atoms with Gasteiger partial charge in [0.1, 0.15) is 12.6 Å². The zero-order valence-corrected chi connectivity index (χ0v) is 6.79. The van der Waals surface area contributed by atoms with Gasteiger partial charge in [-0.1, -0.05) is 5.92 Å². The van der Waals surface area contributed by atoms with Crippen LogP contribution in [0.25, 0.3) is 0 Å². The molecule has 0 spiro atoms. The van der Waals surface area contributed by atoms with Crippen LogP contribution in [0.3, 0.4) is 0 Å². The first-order valence-corrected chi connectivity index (χ1v) is 3.63. The van der Waals surface area contributed by atoms with Gasteiger partial charge in [-0.05, 0) is 0 Å². The maximum Gasteiger partial charge on any atom is 0.315 e. The molecule has 6 heteroatoms. The average molecular weight is 183 g/mol. The largest absolute Gasteiger partial charge is 0.336 e. The summed E-state index contributed by atoms with van der Waals surface area (Å²) in [4.78, 5) is 26.3. The maximum absolute atomic E-state index is 11.1. The van der Waals surface area contributed by atoms with E-state index in [0.717, 1.165) is 0 Å². The lowest BCUT2D eigenvalue weighted by atomic mass is 10.3. The fraction of sp³-hybridized carbons (Fsp3) is 0.429. The quantitative estimate of drug-likeness (QED) is 0.278. The summed E-state index contributed by atoms with van der Waals surface area (Å²) in [7, 11) is 0. The summed E-state index contributed by atoms with van der Waals surface area (Å²) in [6.07, 6.45) is 4.88. The van der Waals surface area contributed by atoms with Crippen molar-refractivity contribution >= 4 is 11.9 Å². The summed E-state index contributed by atoms with van der Waals surface area (Å²) in [5, 5.41) is 4.82. The van der Waals surface area contributed by atoms with Crippen molar-refractivity contribution in [3.05, 3.63) is 0 Å². The number of hydrogen-bond acceptors (Lipinski definition) is 3. The second kappa shape index (κ2) is 4.33. The van der Waals surface area contributed by atoms with E-state index in [1.165, 1.54) is 0 Å². The van der Waals surface area contributed by atoms with Crippen LogP contribution < -0.4 is 16.1 Å². The minimum Gasteiger partial charge on any atom is -0.336 e. The molecule has 1 saturated heterocycles. The van der Waals surface area contributed by atoms with E-state index in [4.69, 9.17) is 6.42 Å². The Morgan fingerprint density at radius 2 is 2.62 bits per heavy atom. The van der Waals surface area contributed by atoms with Crippen LogP contribution in [-0.4, -0.2) is 31.1 Å². The second-order valence-electron chi connectivity index (χ2n) is 2.37. The molecule has 13 heavy (non-hydrogen) atoms. The molecule has 6 nitrogen and oxygen atoms in total. The van der Waals surface area contributed by atoms with E-state index < -0.39 is 11.9 Å². The van der Waals surface area contributed by atoms with Gasteiger partial charge >= 0.3 is 6.03 Å². The molecule has 3 N–H and O–H groups in total. The van der Waals surface area contributed by atoms with Crippen LogP contribution in [0.15, 0.2) is 0 Å². The number of terminal acetylenes is 1. The van der Waals surface area contributed by atoms with E-state index in [-0.39, 0.29) is 19.2 Å². The summed E-state index contributed by atoms with van der Waals surface area (Å²) >= 11 is 0. The van der Waals surface area contributed by atoms with Crippen molar-refractivity contribution in [2.24, 2.45) is 0 Å². The molecule has 0 radical (unpaired) electrons. The number of hydrogen-bond donors (Lipinski definition) is 3. The highest BCUT2D eigenvalue weighted by molar-refractivity contribution is 5.89. The van der Waals surface area contributed by atoms with Crippen molar-refractivity contribution in [2.75, 3.05) is 13.2 Å². The number of carbonyl (C=O) groups excluding carboxylic acids is 2. The monoisotopic (exact) mass is 183 g/mol. The zero-order chi connectivity index (χ0) is 9.68.